The van der Waals surface area contributed by atoms with Crippen LogP contribution in [0.25, 0.3) is 0 Å². The average Bonchev–Trinajstić information content (AvgIpc) is 2.97. The van der Waals surface area contributed by atoms with Gasteiger partial charge in [-0.25, -0.2) is 0 Å². The van der Waals surface area contributed by atoms with Crippen LogP contribution in [0.3, 0.4) is 0 Å². The fourth-order valence-electron chi connectivity index (χ4n) is 6.83. The Morgan fingerprint density at radius 2 is 1.49 bits per heavy atom. The van der Waals surface area contributed by atoms with E-state index in [1.54, 1.807) is 0 Å². The molecule has 2 aliphatic heterocycles. The third-order valence-corrected chi connectivity index (χ3v) is 8.57. The van der Waals surface area contributed by atoms with Gasteiger partial charge in [0.05, 0.1) is 18.0 Å². The predicted octanol–water partition coefficient (Wildman–Crippen LogP) is 6.12. The van der Waals surface area contributed by atoms with Crippen LogP contribution in [0.5, 0.6) is 0 Å². The summed E-state index contributed by atoms with van der Waals surface area (Å²) >= 11 is 0. The summed E-state index contributed by atoms with van der Waals surface area (Å²) in [5.74, 6) is 0.239. The molecule has 3 aromatic carbocycles. The number of carbonyl (C=O) groups excluding carboxylic acids is 2. The minimum atomic E-state index is -0.183. The number of nitrogens with zero attached hydrogens (tertiary/aromatic N) is 1. The Balaban J connectivity index is 1.30. The van der Waals surface area contributed by atoms with Crippen molar-refractivity contribution in [1.82, 2.24) is 10.2 Å². The summed E-state index contributed by atoms with van der Waals surface area (Å²) in [6, 6.07) is 28.5. The Bertz CT molecular complexity index is 1250. The Kier molecular flexibility index (Phi) is 6.69. The number of hydrogen-bond acceptors (Lipinski definition) is 3. The maximum Gasteiger partial charge on any atom is 0.251 e. The Hall–Kier alpha value is -3.60. The van der Waals surface area contributed by atoms with Gasteiger partial charge in [0.1, 0.15) is 0 Å². The molecular formula is C32H35N3O2. The lowest BCUT2D eigenvalue weighted by Crippen LogP contribution is -2.54. The molecule has 0 spiro atoms. The monoisotopic (exact) mass is 493 g/mol. The Labute approximate surface area is 219 Å². The van der Waals surface area contributed by atoms with Gasteiger partial charge in [0, 0.05) is 29.8 Å². The van der Waals surface area contributed by atoms with Crippen molar-refractivity contribution in [2.24, 2.45) is 11.8 Å². The molecule has 1 saturated carbocycles. The van der Waals surface area contributed by atoms with E-state index < -0.39 is 0 Å². The first-order valence-electron chi connectivity index (χ1n) is 13.8. The zero-order valence-corrected chi connectivity index (χ0v) is 21.2. The number of amides is 2. The predicted molar refractivity (Wildman–Crippen MR) is 146 cm³/mol. The second kappa shape index (κ2) is 10.4. The average molecular weight is 494 g/mol. The highest BCUT2D eigenvalue weighted by Gasteiger charge is 2.46. The number of piperidine rings is 1. The van der Waals surface area contributed by atoms with Crippen molar-refractivity contribution in [2.45, 2.75) is 56.7 Å². The number of fused-ring (bicyclic) bond motifs is 3. The largest absolute Gasteiger partial charge is 0.378 e. The van der Waals surface area contributed by atoms with Gasteiger partial charge in [-0.15, -0.1) is 0 Å². The minimum absolute atomic E-state index is 0.0382. The van der Waals surface area contributed by atoms with E-state index in [-0.39, 0.29) is 35.9 Å². The molecule has 6 rings (SSSR count). The summed E-state index contributed by atoms with van der Waals surface area (Å²) in [5.41, 5.74) is 4.26. The molecule has 5 atom stereocenters. The van der Waals surface area contributed by atoms with Gasteiger partial charge in [0.2, 0.25) is 5.91 Å². The van der Waals surface area contributed by atoms with Crippen molar-refractivity contribution < 1.29 is 9.59 Å². The molecule has 2 amide bonds. The number of rotatable bonds is 4. The molecule has 5 nitrogen and oxygen atoms in total. The van der Waals surface area contributed by atoms with Gasteiger partial charge in [0.25, 0.3) is 5.91 Å². The van der Waals surface area contributed by atoms with E-state index in [1.165, 1.54) is 11.1 Å². The second-order valence-electron chi connectivity index (χ2n) is 10.7. The van der Waals surface area contributed by atoms with Crippen LogP contribution in [0.4, 0.5) is 5.69 Å². The van der Waals surface area contributed by atoms with Crippen molar-refractivity contribution in [2.75, 3.05) is 11.9 Å². The molecular weight excluding hydrogens is 458 g/mol. The highest BCUT2D eigenvalue weighted by molar-refractivity contribution is 5.94. The molecule has 2 N–H and O–H groups in total. The van der Waals surface area contributed by atoms with Crippen molar-refractivity contribution in [3.05, 3.63) is 102 Å². The summed E-state index contributed by atoms with van der Waals surface area (Å²) in [7, 11) is 0. The van der Waals surface area contributed by atoms with Gasteiger partial charge in [-0.3, -0.25) is 9.59 Å². The highest BCUT2D eigenvalue weighted by atomic mass is 16.2. The topological polar surface area (TPSA) is 61.4 Å². The van der Waals surface area contributed by atoms with E-state index in [0.29, 0.717) is 11.5 Å². The van der Waals surface area contributed by atoms with Gasteiger partial charge < -0.3 is 15.5 Å². The van der Waals surface area contributed by atoms with Crippen LogP contribution >= 0.6 is 0 Å². The van der Waals surface area contributed by atoms with Crippen LogP contribution in [-0.2, 0) is 4.79 Å². The fourth-order valence-corrected chi connectivity index (χ4v) is 6.83. The van der Waals surface area contributed by atoms with Crippen LogP contribution in [0.15, 0.2) is 84.9 Å². The van der Waals surface area contributed by atoms with E-state index in [2.05, 4.69) is 70.1 Å². The van der Waals surface area contributed by atoms with E-state index in [0.717, 1.165) is 50.8 Å². The molecule has 2 heterocycles. The molecule has 2 fully saturated rings. The summed E-state index contributed by atoms with van der Waals surface area (Å²) < 4.78 is 0. The first-order chi connectivity index (χ1) is 18.2. The molecule has 1 aliphatic carbocycles. The molecule has 5 heteroatoms. The number of para-hydroxylation sites is 1. The standard InChI is InChI=1S/C32H35N3O2/c36-31(23-14-5-2-6-15-23)34-28-20-10-8-17-25(28)32(37)35-21-11-18-26-29(22-12-3-1-4-13-22)33-27-19-9-7-16-24(27)30(26)35/h1-7,9,12-16,19,25-26,28-30,33H,8,10-11,17-18,20-21H2,(H,34,36)/t25-,26?,28+,29?,30-/m0/s1. The van der Waals surface area contributed by atoms with Crippen LogP contribution in [-0.4, -0.2) is 29.3 Å². The van der Waals surface area contributed by atoms with Crippen LogP contribution in [0.2, 0.25) is 0 Å². The first kappa shape index (κ1) is 23.8. The lowest BCUT2D eigenvalue weighted by atomic mass is 9.73. The van der Waals surface area contributed by atoms with Crippen LogP contribution in [0, 0.1) is 11.8 Å². The number of hydrogen-bond donors (Lipinski definition) is 2. The third kappa shape index (κ3) is 4.63. The number of nitrogens with one attached hydrogen (secondary N) is 2. The minimum Gasteiger partial charge on any atom is -0.378 e. The fraction of sp³-hybridized carbons (Fsp3) is 0.375. The lowest BCUT2D eigenvalue weighted by Gasteiger charge is -2.50. The summed E-state index contributed by atoms with van der Waals surface area (Å²) in [6.07, 6.45) is 5.82. The number of anilines is 1. The van der Waals surface area contributed by atoms with Gasteiger partial charge >= 0.3 is 0 Å². The molecule has 0 bridgehead atoms. The summed E-state index contributed by atoms with van der Waals surface area (Å²) in [5, 5.41) is 7.04. The smallest absolute Gasteiger partial charge is 0.251 e. The SMILES string of the molecule is O=C(N[C@@H]1CCCC[C@@H]1C(=O)N1CCCC2C(c3ccccc3)Nc3ccccc3[C@@H]21)c1ccccc1. The van der Waals surface area contributed by atoms with E-state index >= 15 is 0 Å². The summed E-state index contributed by atoms with van der Waals surface area (Å²) in [4.78, 5) is 29.5. The molecule has 1 saturated heterocycles. The number of benzene rings is 3. The maximum atomic E-state index is 14.3. The van der Waals surface area contributed by atoms with Crippen LogP contribution in [0.1, 0.15) is 72.1 Å². The van der Waals surface area contributed by atoms with Gasteiger partial charge in [0.15, 0.2) is 0 Å². The van der Waals surface area contributed by atoms with Crippen molar-refractivity contribution in [1.29, 1.82) is 0 Å². The van der Waals surface area contributed by atoms with Gasteiger partial charge in [-0.05, 0) is 55.0 Å². The normalized spacial score (nSPS) is 26.8. The second-order valence-corrected chi connectivity index (χ2v) is 10.7. The zero-order valence-electron chi connectivity index (χ0n) is 21.2. The highest BCUT2D eigenvalue weighted by Crippen LogP contribution is 2.50. The zero-order chi connectivity index (χ0) is 25.2. The number of likely N-dealkylation sites (tertiary alicyclic amines) is 1. The van der Waals surface area contributed by atoms with Crippen molar-refractivity contribution in [3.63, 3.8) is 0 Å². The van der Waals surface area contributed by atoms with Crippen molar-refractivity contribution >= 4 is 17.5 Å². The number of carbonyl (C=O) groups is 2. The Morgan fingerprint density at radius 3 is 2.30 bits per heavy atom. The molecule has 2 unspecified atom stereocenters. The first-order valence-corrected chi connectivity index (χ1v) is 13.8. The quantitative estimate of drug-likeness (QED) is 0.460. The van der Waals surface area contributed by atoms with E-state index in [9.17, 15) is 9.59 Å². The maximum absolute atomic E-state index is 14.3. The molecule has 3 aromatic rings. The molecule has 0 radical (unpaired) electrons. The molecule has 190 valence electrons. The molecule has 3 aliphatic rings. The lowest BCUT2D eigenvalue weighted by molar-refractivity contribution is -0.143. The summed E-state index contributed by atoms with van der Waals surface area (Å²) in [6.45, 7) is 0.770. The molecule has 0 aromatic heterocycles. The Morgan fingerprint density at radius 1 is 0.784 bits per heavy atom. The van der Waals surface area contributed by atoms with E-state index in [4.69, 9.17) is 0 Å². The third-order valence-electron chi connectivity index (χ3n) is 8.57. The van der Waals surface area contributed by atoms with E-state index in [1.807, 2.05) is 30.3 Å². The van der Waals surface area contributed by atoms with Crippen molar-refractivity contribution in [3.8, 4) is 0 Å². The van der Waals surface area contributed by atoms with Gasteiger partial charge in [-0.1, -0.05) is 79.6 Å². The molecule has 37 heavy (non-hydrogen) atoms. The van der Waals surface area contributed by atoms with Crippen LogP contribution < -0.4 is 10.6 Å². The van der Waals surface area contributed by atoms with Gasteiger partial charge in [-0.2, -0.15) is 0 Å².